The number of carbonyl (C=O) groups excluding carboxylic acids is 1. The summed E-state index contributed by atoms with van der Waals surface area (Å²) in [6.45, 7) is 2.67. The smallest absolute Gasteiger partial charge is 0.253 e. The molecule has 4 nitrogen and oxygen atoms in total. The summed E-state index contributed by atoms with van der Waals surface area (Å²) in [5.74, 6) is -0.0941. The summed E-state index contributed by atoms with van der Waals surface area (Å²) in [4.78, 5) is 14.3. The first-order chi connectivity index (χ1) is 11.5. The van der Waals surface area contributed by atoms with E-state index < -0.39 is 15.1 Å². The average Bonchev–Trinajstić information content (AvgIpc) is 2.74. The fraction of sp³-hybridized carbons (Fsp3) is 0.316. The van der Waals surface area contributed by atoms with E-state index in [1.54, 1.807) is 17.0 Å². The fourth-order valence-corrected chi connectivity index (χ4v) is 4.86. The third kappa shape index (κ3) is 3.51. The van der Waals surface area contributed by atoms with Crippen LogP contribution in [0.5, 0.6) is 0 Å². The molecule has 0 radical (unpaired) electrons. The average molecular weight is 343 g/mol. The molecule has 1 aliphatic rings. The summed E-state index contributed by atoms with van der Waals surface area (Å²) in [5.41, 5.74) is 2.51. The van der Waals surface area contributed by atoms with Gasteiger partial charge in [-0.05, 0) is 31.0 Å². The Hall–Kier alpha value is -2.14. The molecule has 1 aliphatic heterocycles. The summed E-state index contributed by atoms with van der Waals surface area (Å²) < 4.78 is 25.2. The van der Waals surface area contributed by atoms with Crippen LogP contribution in [0.3, 0.4) is 0 Å². The van der Waals surface area contributed by atoms with Crippen LogP contribution in [0, 0.1) is 6.92 Å². The zero-order valence-corrected chi connectivity index (χ0v) is 14.5. The number of carbonyl (C=O) groups is 1. The Morgan fingerprint density at radius 1 is 1.00 bits per heavy atom. The molecule has 0 spiro atoms. The van der Waals surface area contributed by atoms with Crippen LogP contribution in [0.25, 0.3) is 0 Å². The molecule has 1 fully saturated rings. The highest BCUT2D eigenvalue weighted by atomic mass is 32.2. The lowest BCUT2D eigenvalue weighted by Gasteiger charge is -2.20. The van der Waals surface area contributed by atoms with Gasteiger partial charge in [-0.2, -0.15) is 0 Å². The summed E-state index contributed by atoms with van der Waals surface area (Å²) in [7, 11) is -3.26. The van der Waals surface area contributed by atoms with Crippen molar-refractivity contribution in [3.8, 4) is 0 Å². The molecule has 2 aromatic rings. The number of benzene rings is 2. The molecule has 0 bridgehead atoms. The highest BCUT2D eigenvalue weighted by Crippen LogP contribution is 2.29. The minimum atomic E-state index is -3.26. The van der Waals surface area contributed by atoms with Crippen molar-refractivity contribution in [3.63, 3.8) is 0 Å². The monoisotopic (exact) mass is 343 g/mol. The van der Waals surface area contributed by atoms with Crippen LogP contribution in [-0.4, -0.2) is 38.1 Å². The van der Waals surface area contributed by atoms with Gasteiger partial charge in [0, 0.05) is 18.7 Å². The topological polar surface area (TPSA) is 54.5 Å². The van der Waals surface area contributed by atoms with Gasteiger partial charge in [-0.3, -0.25) is 4.79 Å². The van der Waals surface area contributed by atoms with Crippen LogP contribution in [0.1, 0.15) is 33.2 Å². The second-order valence-corrected chi connectivity index (χ2v) is 8.52. The zero-order valence-electron chi connectivity index (χ0n) is 13.7. The lowest BCUT2D eigenvalue weighted by molar-refractivity contribution is 0.0766. The maximum absolute atomic E-state index is 12.6. The molecule has 3 rings (SSSR count). The number of sulfone groups is 1. The van der Waals surface area contributed by atoms with Crippen LogP contribution < -0.4 is 0 Å². The lowest BCUT2D eigenvalue weighted by atomic mass is 10.1. The summed E-state index contributed by atoms with van der Waals surface area (Å²) >= 11 is 0. The predicted molar refractivity (Wildman–Crippen MR) is 94.7 cm³/mol. The molecule has 1 amide bonds. The van der Waals surface area contributed by atoms with E-state index in [1.807, 2.05) is 49.4 Å². The molecule has 126 valence electrons. The van der Waals surface area contributed by atoms with Crippen molar-refractivity contribution in [2.24, 2.45) is 0 Å². The van der Waals surface area contributed by atoms with Gasteiger partial charge < -0.3 is 4.90 Å². The van der Waals surface area contributed by atoms with Gasteiger partial charge in [-0.25, -0.2) is 8.42 Å². The lowest BCUT2D eigenvalue weighted by Crippen LogP contribution is -2.33. The molecule has 1 heterocycles. The number of nitrogens with zero attached hydrogens (tertiary/aromatic N) is 1. The summed E-state index contributed by atoms with van der Waals surface area (Å²) in [6, 6.07) is 16.7. The second-order valence-electron chi connectivity index (χ2n) is 6.21. The quantitative estimate of drug-likeness (QED) is 0.842. The van der Waals surface area contributed by atoms with E-state index in [4.69, 9.17) is 0 Å². The first-order valence-corrected chi connectivity index (χ1v) is 9.81. The van der Waals surface area contributed by atoms with E-state index in [0.29, 0.717) is 18.5 Å². The molecule has 0 aromatic heterocycles. The van der Waals surface area contributed by atoms with E-state index in [1.165, 1.54) is 0 Å². The van der Waals surface area contributed by atoms with Gasteiger partial charge >= 0.3 is 0 Å². The first-order valence-electron chi connectivity index (χ1n) is 8.10. The van der Waals surface area contributed by atoms with Crippen LogP contribution in [0.15, 0.2) is 54.6 Å². The van der Waals surface area contributed by atoms with Crippen LogP contribution in [0.2, 0.25) is 0 Å². The number of amides is 1. The van der Waals surface area contributed by atoms with Crippen molar-refractivity contribution >= 4 is 15.7 Å². The van der Waals surface area contributed by atoms with Gasteiger partial charge in [0.25, 0.3) is 5.91 Å². The Labute approximate surface area is 143 Å². The third-order valence-electron chi connectivity index (χ3n) is 4.50. The van der Waals surface area contributed by atoms with Crippen LogP contribution in [-0.2, 0) is 9.84 Å². The molecule has 1 atom stereocenters. The Bertz CT molecular complexity index is 813. The normalized spacial score (nSPS) is 20.4. The second kappa shape index (κ2) is 6.77. The minimum absolute atomic E-state index is 0.00413. The van der Waals surface area contributed by atoms with Crippen molar-refractivity contribution in [2.75, 3.05) is 18.8 Å². The van der Waals surface area contributed by atoms with E-state index in [-0.39, 0.29) is 18.2 Å². The standard InChI is InChI=1S/C19H21NO3S/c1-15-7-9-17(10-8-15)19(21)20-12-11-18(24(22,23)14-13-20)16-5-3-2-4-6-16/h2-10,18H,11-14H2,1H3. The number of aryl methyl sites for hydroxylation is 1. The van der Waals surface area contributed by atoms with Gasteiger partial charge in [-0.1, -0.05) is 48.0 Å². The Kier molecular flexibility index (Phi) is 4.71. The van der Waals surface area contributed by atoms with E-state index in [2.05, 4.69) is 0 Å². The molecule has 5 heteroatoms. The van der Waals surface area contributed by atoms with Gasteiger partial charge in [0.2, 0.25) is 0 Å². The molecule has 1 saturated heterocycles. The predicted octanol–water partition coefficient (Wildman–Crippen LogP) is 3.00. The minimum Gasteiger partial charge on any atom is -0.338 e. The maximum Gasteiger partial charge on any atom is 0.253 e. The van der Waals surface area contributed by atoms with Gasteiger partial charge in [-0.15, -0.1) is 0 Å². The number of hydrogen-bond acceptors (Lipinski definition) is 3. The molecular formula is C19H21NO3S. The fourth-order valence-electron chi connectivity index (χ4n) is 3.07. The van der Waals surface area contributed by atoms with Gasteiger partial charge in [0.15, 0.2) is 9.84 Å². The maximum atomic E-state index is 12.6. The molecule has 0 N–H and O–H groups in total. The third-order valence-corrected chi connectivity index (χ3v) is 6.62. The molecule has 0 saturated carbocycles. The zero-order chi connectivity index (χ0) is 17.2. The van der Waals surface area contributed by atoms with Crippen LogP contribution >= 0.6 is 0 Å². The highest BCUT2D eigenvalue weighted by molar-refractivity contribution is 7.91. The largest absolute Gasteiger partial charge is 0.338 e. The molecule has 24 heavy (non-hydrogen) atoms. The van der Waals surface area contributed by atoms with E-state index in [9.17, 15) is 13.2 Å². The van der Waals surface area contributed by atoms with Gasteiger partial charge in [0.05, 0.1) is 11.0 Å². The van der Waals surface area contributed by atoms with Crippen molar-refractivity contribution in [1.29, 1.82) is 0 Å². The van der Waals surface area contributed by atoms with E-state index in [0.717, 1.165) is 11.1 Å². The van der Waals surface area contributed by atoms with Crippen LogP contribution in [0.4, 0.5) is 0 Å². The Morgan fingerprint density at radius 2 is 1.67 bits per heavy atom. The van der Waals surface area contributed by atoms with Crippen molar-refractivity contribution < 1.29 is 13.2 Å². The number of rotatable bonds is 2. The molecular weight excluding hydrogens is 322 g/mol. The van der Waals surface area contributed by atoms with E-state index >= 15 is 0 Å². The first kappa shape index (κ1) is 16.7. The molecule has 2 aromatic carbocycles. The summed E-state index contributed by atoms with van der Waals surface area (Å²) in [6.07, 6.45) is 0.434. The van der Waals surface area contributed by atoms with Crippen molar-refractivity contribution in [2.45, 2.75) is 18.6 Å². The SMILES string of the molecule is Cc1ccc(C(=O)N2CCC(c3ccccc3)S(=O)(=O)CC2)cc1. The molecule has 0 aliphatic carbocycles. The summed E-state index contributed by atoms with van der Waals surface area (Å²) in [5, 5.41) is -0.533. The van der Waals surface area contributed by atoms with Crippen molar-refractivity contribution in [3.05, 3.63) is 71.3 Å². The highest BCUT2D eigenvalue weighted by Gasteiger charge is 2.32. The Balaban J connectivity index is 1.81. The number of hydrogen-bond donors (Lipinski definition) is 0. The Morgan fingerprint density at radius 3 is 2.33 bits per heavy atom. The van der Waals surface area contributed by atoms with Gasteiger partial charge in [0.1, 0.15) is 0 Å². The van der Waals surface area contributed by atoms with Crippen molar-refractivity contribution in [1.82, 2.24) is 4.90 Å². The molecule has 1 unspecified atom stereocenters.